The van der Waals surface area contributed by atoms with Crippen molar-refractivity contribution in [2.75, 3.05) is 0 Å². The standard InChI is InChI=1S/C23H25F6N3/c1-5-13-6-14(10-30-13)32-12(2)15-7-20(25)16(8-19(15)24)21-9-17(22(3,4)26)18(11-31-21)23(27,28)29/h7-13,30,32H,5-6H2,1-4H3. The second kappa shape index (κ2) is 8.67. The van der Waals surface area contributed by atoms with E-state index < -0.39 is 40.6 Å². The van der Waals surface area contributed by atoms with Gasteiger partial charge in [0, 0.05) is 47.2 Å². The molecule has 2 N–H and O–H groups in total. The fraction of sp³-hybridized carbons (Fsp3) is 0.435. The maximum absolute atomic E-state index is 14.9. The van der Waals surface area contributed by atoms with Crippen LogP contribution in [0.3, 0.4) is 0 Å². The van der Waals surface area contributed by atoms with Gasteiger partial charge in [-0.3, -0.25) is 4.98 Å². The van der Waals surface area contributed by atoms with Gasteiger partial charge in [-0.2, -0.15) is 13.2 Å². The number of hydrogen-bond acceptors (Lipinski definition) is 3. The molecule has 2 heterocycles. The monoisotopic (exact) mass is 457 g/mol. The van der Waals surface area contributed by atoms with Crippen LogP contribution in [0.1, 0.15) is 63.3 Å². The number of pyridine rings is 1. The van der Waals surface area contributed by atoms with Gasteiger partial charge in [-0.15, -0.1) is 0 Å². The minimum atomic E-state index is -4.83. The molecule has 0 spiro atoms. The van der Waals surface area contributed by atoms with E-state index in [1.807, 2.05) is 6.92 Å². The van der Waals surface area contributed by atoms with Gasteiger partial charge in [0.2, 0.25) is 0 Å². The molecule has 32 heavy (non-hydrogen) atoms. The zero-order valence-corrected chi connectivity index (χ0v) is 18.2. The van der Waals surface area contributed by atoms with Crippen LogP contribution < -0.4 is 10.6 Å². The number of nitrogens with zero attached hydrogens (tertiary/aromatic N) is 1. The lowest BCUT2D eigenvalue weighted by atomic mass is 9.93. The quantitative estimate of drug-likeness (QED) is 0.486. The highest BCUT2D eigenvalue weighted by atomic mass is 19.4. The molecule has 1 aromatic carbocycles. The summed E-state index contributed by atoms with van der Waals surface area (Å²) in [4.78, 5) is 3.64. The maximum Gasteiger partial charge on any atom is 0.418 e. The molecule has 1 aliphatic heterocycles. The summed E-state index contributed by atoms with van der Waals surface area (Å²) in [5, 5.41) is 6.33. The number of benzene rings is 1. The van der Waals surface area contributed by atoms with Gasteiger partial charge in [-0.05, 0) is 45.4 Å². The predicted octanol–water partition coefficient (Wildman–Crippen LogP) is 6.51. The second-order valence-corrected chi connectivity index (χ2v) is 8.45. The van der Waals surface area contributed by atoms with Crippen molar-refractivity contribution in [1.82, 2.24) is 15.6 Å². The van der Waals surface area contributed by atoms with E-state index in [1.54, 1.807) is 13.1 Å². The van der Waals surface area contributed by atoms with E-state index in [2.05, 4.69) is 15.6 Å². The summed E-state index contributed by atoms with van der Waals surface area (Å²) in [7, 11) is 0. The Hall–Kier alpha value is -2.71. The summed E-state index contributed by atoms with van der Waals surface area (Å²) in [6.45, 7) is 5.64. The van der Waals surface area contributed by atoms with Crippen molar-refractivity contribution < 1.29 is 26.3 Å². The smallest absolute Gasteiger partial charge is 0.386 e. The predicted molar refractivity (Wildman–Crippen MR) is 110 cm³/mol. The molecule has 9 heteroatoms. The Morgan fingerprint density at radius 1 is 1.09 bits per heavy atom. The average Bonchev–Trinajstić information content (AvgIpc) is 3.15. The molecule has 0 amide bonds. The van der Waals surface area contributed by atoms with Crippen LogP contribution in [0.5, 0.6) is 0 Å². The molecule has 0 saturated carbocycles. The Kier molecular flexibility index (Phi) is 6.49. The number of alkyl halides is 4. The molecule has 1 aliphatic rings. The van der Waals surface area contributed by atoms with E-state index in [0.717, 1.165) is 50.6 Å². The lowest BCUT2D eigenvalue weighted by Gasteiger charge is -2.22. The van der Waals surface area contributed by atoms with E-state index in [4.69, 9.17) is 0 Å². The first-order chi connectivity index (χ1) is 14.8. The van der Waals surface area contributed by atoms with Crippen LogP contribution in [0.15, 0.2) is 36.3 Å². The molecular weight excluding hydrogens is 432 g/mol. The van der Waals surface area contributed by atoms with Crippen LogP contribution in [-0.4, -0.2) is 11.0 Å². The van der Waals surface area contributed by atoms with Gasteiger partial charge in [-0.1, -0.05) is 6.92 Å². The Morgan fingerprint density at radius 3 is 2.34 bits per heavy atom. The molecule has 3 rings (SSSR count). The maximum atomic E-state index is 14.9. The third-order valence-corrected chi connectivity index (χ3v) is 5.53. The van der Waals surface area contributed by atoms with E-state index >= 15 is 0 Å². The fourth-order valence-electron chi connectivity index (χ4n) is 3.73. The van der Waals surface area contributed by atoms with E-state index in [0.29, 0.717) is 6.20 Å². The van der Waals surface area contributed by atoms with Crippen LogP contribution in [0, 0.1) is 11.6 Å². The Morgan fingerprint density at radius 2 is 1.78 bits per heavy atom. The molecule has 2 aromatic rings. The van der Waals surface area contributed by atoms with Crippen molar-refractivity contribution in [3.63, 3.8) is 0 Å². The van der Waals surface area contributed by atoms with Crippen molar-refractivity contribution in [3.05, 3.63) is 64.6 Å². The molecule has 174 valence electrons. The van der Waals surface area contributed by atoms with Gasteiger partial charge < -0.3 is 10.6 Å². The van der Waals surface area contributed by atoms with Crippen molar-refractivity contribution in [1.29, 1.82) is 0 Å². The topological polar surface area (TPSA) is 37.0 Å². The van der Waals surface area contributed by atoms with E-state index in [9.17, 15) is 26.3 Å². The van der Waals surface area contributed by atoms with Crippen molar-refractivity contribution in [2.45, 2.75) is 64.5 Å². The lowest BCUT2D eigenvalue weighted by Crippen LogP contribution is -2.21. The summed E-state index contributed by atoms with van der Waals surface area (Å²) in [5.41, 5.74) is -4.01. The summed E-state index contributed by atoms with van der Waals surface area (Å²) >= 11 is 0. The van der Waals surface area contributed by atoms with Gasteiger partial charge in [0.1, 0.15) is 17.3 Å². The molecular formula is C23H25F6N3. The summed E-state index contributed by atoms with van der Waals surface area (Å²) in [5.74, 6) is -1.61. The second-order valence-electron chi connectivity index (χ2n) is 8.45. The molecule has 2 atom stereocenters. The highest BCUT2D eigenvalue weighted by Crippen LogP contribution is 2.40. The normalized spacial score (nSPS) is 17.7. The minimum absolute atomic E-state index is 0.0602. The van der Waals surface area contributed by atoms with Gasteiger partial charge in [-0.25, -0.2) is 13.2 Å². The van der Waals surface area contributed by atoms with Gasteiger partial charge in [0.25, 0.3) is 0 Å². The zero-order chi connectivity index (χ0) is 23.8. The van der Waals surface area contributed by atoms with E-state index in [1.165, 1.54) is 0 Å². The number of hydrogen-bond donors (Lipinski definition) is 2. The fourth-order valence-corrected chi connectivity index (χ4v) is 3.73. The highest BCUT2D eigenvalue weighted by Gasteiger charge is 2.39. The van der Waals surface area contributed by atoms with Crippen molar-refractivity contribution >= 4 is 0 Å². The third-order valence-electron chi connectivity index (χ3n) is 5.53. The zero-order valence-electron chi connectivity index (χ0n) is 18.2. The van der Waals surface area contributed by atoms with Crippen LogP contribution in [0.25, 0.3) is 11.3 Å². The van der Waals surface area contributed by atoms with Gasteiger partial charge in [0.15, 0.2) is 0 Å². The first-order valence-electron chi connectivity index (χ1n) is 10.3. The van der Waals surface area contributed by atoms with Crippen LogP contribution >= 0.6 is 0 Å². The van der Waals surface area contributed by atoms with Gasteiger partial charge in [0.05, 0.1) is 17.3 Å². The number of nitrogens with one attached hydrogen (secondary N) is 2. The first kappa shape index (κ1) is 23.9. The van der Waals surface area contributed by atoms with E-state index in [-0.39, 0.29) is 22.9 Å². The Balaban J connectivity index is 1.94. The summed E-state index contributed by atoms with van der Waals surface area (Å²) in [6.07, 6.45) is -0.920. The lowest BCUT2D eigenvalue weighted by molar-refractivity contribution is -0.139. The van der Waals surface area contributed by atoms with Crippen LogP contribution in [0.4, 0.5) is 26.3 Å². The number of halogens is 6. The Labute approximate surface area is 182 Å². The van der Waals surface area contributed by atoms with Crippen LogP contribution in [-0.2, 0) is 11.8 Å². The highest BCUT2D eigenvalue weighted by molar-refractivity contribution is 5.62. The molecule has 0 fully saturated rings. The first-order valence-corrected chi connectivity index (χ1v) is 10.3. The molecule has 1 aromatic heterocycles. The molecule has 2 unspecified atom stereocenters. The number of aromatic nitrogens is 1. The van der Waals surface area contributed by atoms with Crippen molar-refractivity contribution in [3.8, 4) is 11.3 Å². The summed E-state index contributed by atoms with van der Waals surface area (Å²) < 4.78 is 84.0. The Bertz CT molecular complexity index is 1020. The SMILES string of the molecule is CCC1CC(NC(C)c2cc(F)c(-c3cc(C(C)(C)F)c(C(F)(F)F)cn3)cc2F)=CN1. The average molecular weight is 457 g/mol. The third kappa shape index (κ3) is 5.02. The molecule has 0 bridgehead atoms. The van der Waals surface area contributed by atoms with Crippen molar-refractivity contribution in [2.24, 2.45) is 0 Å². The molecule has 3 nitrogen and oxygen atoms in total. The molecule has 0 radical (unpaired) electrons. The molecule has 0 aliphatic carbocycles. The molecule has 0 saturated heterocycles. The largest absolute Gasteiger partial charge is 0.418 e. The summed E-state index contributed by atoms with van der Waals surface area (Å²) in [6, 6.07) is 2.42. The van der Waals surface area contributed by atoms with Gasteiger partial charge >= 0.3 is 6.18 Å². The van der Waals surface area contributed by atoms with Crippen LogP contribution in [0.2, 0.25) is 0 Å². The minimum Gasteiger partial charge on any atom is -0.386 e. The number of rotatable bonds is 6.